The minimum atomic E-state index is -0.409. The molecule has 0 spiro atoms. The second-order valence-electron chi connectivity index (χ2n) is 5.33. The van der Waals surface area contributed by atoms with Crippen LogP contribution in [0, 0.1) is 5.82 Å². The Kier molecular flexibility index (Phi) is 3.47. The zero-order valence-electron chi connectivity index (χ0n) is 11.9. The number of hydrogen-bond acceptors (Lipinski definition) is 3. The summed E-state index contributed by atoms with van der Waals surface area (Å²) in [6.45, 7) is 4.06. The molecule has 0 fully saturated rings. The van der Waals surface area contributed by atoms with Crippen molar-refractivity contribution >= 4 is 11.1 Å². The van der Waals surface area contributed by atoms with E-state index in [1.807, 2.05) is 18.2 Å². The molecule has 0 saturated carbocycles. The van der Waals surface area contributed by atoms with E-state index in [-0.39, 0.29) is 12.1 Å². The van der Waals surface area contributed by atoms with Crippen molar-refractivity contribution in [3.8, 4) is 11.5 Å². The van der Waals surface area contributed by atoms with Gasteiger partial charge in [-0.1, -0.05) is 32.0 Å². The van der Waals surface area contributed by atoms with Gasteiger partial charge in [0.1, 0.15) is 5.52 Å². The number of nitrogens with zero attached hydrogens (tertiary/aromatic N) is 1. The van der Waals surface area contributed by atoms with Crippen molar-refractivity contribution in [2.45, 2.75) is 26.4 Å². The van der Waals surface area contributed by atoms with Crippen LogP contribution in [0.15, 0.2) is 40.8 Å². The largest absolute Gasteiger partial charge is 0.436 e. The summed E-state index contributed by atoms with van der Waals surface area (Å²) in [6, 6.07) is 10.4. The van der Waals surface area contributed by atoms with E-state index in [1.54, 1.807) is 12.1 Å². The van der Waals surface area contributed by atoms with Crippen LogP contribution in [0.1, 0.15) is 30.9 Å². The van der Waals surface area contributed by atoms with E-state index in [0.717, 1.165) is 5.56 Å². The number of aromatic nitrogens is 1. The second kappa shape index (κ2) is 5.30. The lowest BCUT2D eigenvalue weighted by molar-refractivity contribution is 0.282. The molecule has 3 rings (SSSR count). The molecule has 1 N–H and O–H groups in total. The van der Waals surface area contributed by atoms with Gasteiger partial charge in [-0.15, -0.1) is 0 Å². The Labute approximate surface area is 122 Å². The molecule has 3 nitrogen and oxygen atoms in total. The summed E-state index contributed by atoms with van der Waals surface area (Å²) in [5, 5.41) is 9.50. The fraction of sp³-hybridized carbons (Fsp3) is 0.235. The SMILES string of the molecule is CC(C)c1ccc(CO)c(-c2nc3c(F)cccc3o2)c1. The molecule has 0 unspecified atom stereocenters. The zero-order valence-corrected chi connectivity index (χ0v) is 11.9. The molecule has 2 aromatic carbocycles. The number of oxazole rings is 1. The Bertz CT molecular complexity index is 793. The molecule has 0 bridgehead atoms. The lowest BCUT2D eigenvalue weighted by atomic mass is 9.97. The third-order valence-corrected chi connectivity index (χ3v) is 3.57. The molecule has 0 aliphatic heterocycles. The first-order valence-electron chi connectivity index (χ1n) is 6.89. The van der Waals surface area contributed by atoms with Crippen LogP contribution in [-0.4, -0.2) is 10.1 Å². The fourth-order valence-corrected chi connectivity index (χ4v) is 2.32. The van der Waals surface area contributed by atoms with E-state index < -0.39 is 5.82 Å². The van der Waals surface area contributed by atoms with Crippen molar-refractivity contribution < 1.29 is 13.9 Å². The third-order valence-electron chi connectivity index (χ3n) is 3.57. The van der Waals surface area contributed by atoms with Crippen molar-refractivity contribution in [3.05, 3.63) is 53.3 Å². The first-order valence-corrected chi connectivity index (χ1v) is 6.89. The van der Waals surface area contributed by atoms with Gasteiger partial charge in [0, 0.05) is 5.56 Å². The molecule has 0 radical (unpaired) electrons. The van der Waals surface area contributed by atoms with Gasteiger partial charge in [-0.25, -0.2) is 9.37 Å². The number of halogens is 1. The molecular weight excluding hydrogens is 269 g/mol. The van der Waals surface area contributed by atoms with Crippen LogP contribution < -0.4 is 0 Å². The molecule has 1 aromatic heterocycles. The molecule has 21 heavy (non-hydrogen) atoms. The van der Waals surface area contributed by atoms with Gasteiger partial charge in [-0.05, 0) is 35.2 Å². The van der Waals surface area contributed by atoms with E-state index in [1.165, 1.54) is 6.07 Å². The number of fused-ring (bicyclic) bond motifs is 1. The number of aliphatic hydroxyl groups is 1. The monoisotopic (exact) mass is 285 g/mol. The quantitative estimate of drug-likeness (QED) is 0.782. The highest BCUT2D eigenvalue weighted by atomic mass is 19.1. The van der Waals surface area contributed by atoms with Crippen molar-refractivity contribution in [1.82, 2.24) is 4.98 Å². The predicted octanol–water partition coefficient (Wildman–Crippen LogP) is 4.25. The van der Waals surface area contributed by atoms with Gasteiger partial charge < -0.3 is 9.52 Å². The van der Waals surface area contributed by atoms with Crippen LogP contribution in [-0.2, 0) is 6.61 Å². The van der Waals surface area contributed by atoms with Crippen molar-refractivity contribution in [2.24, 2.45) is 0 Å². The van der Waals surface area contributed by atoms with Crippen LogP contribution in [0.4, 0.5) is 4.39 Å². The number of benzene rings is 2. The van der Waals surface area contributed by atoms with Crippen LogP contribution in [0.5, 0.6) is 0 Å². The van der Waals surface area contributed by atoms with Crippen LogP contribution >= 0.6 is 0 Å². The number of rotatable bonds is 3. The topological polar surface area (TPSA) is 46.3 Å². The Morgan fingerprint density at radius 2 is 2.05 bits per heavy atom. The molecule has 0 aliphatic rings. The molecule has 0 atom stereocenters. The highest BCUT2D eigenvalue weighted by Crippen LogP contribution is 2.30. The molecule has 1 heterocycles. The number of hydrogen-bond donors (Lipinski definition) is 1. The lowest BCUT2D eigenvalue weighted by Crippen LogP contribution is -1.94. The summed E-state index contributed by atoms with van der Waals surface area (Å²) in [7, 11) is 0. The maximum Gasteiger partial charge on any atom is 0.227 e. The van der Waals surface area contributed by atoms with E-state index in [0.29, 0.717) is 28.5 Å². The molecule has 0 saturated heterocycles. The minimum absolute atomic E-state index is 0.116. The summed E-state index contributed by atoms with van der Waals surface area (Å²) in [5.41, 5.74) is 3.16. The maximum absolute atomic E-state index is 13.7. The summed E-state index contributed by atoms with van der Waals surface area (Å²) in [4.78, 5) is 4.24. The average Bonchev–Trinajstić information content (AvgIpc) is 2.92. The summed E-state index contributed by atoms with van der Waals surface area (Å²) >= 11 is 0. The van der Waals surface area contributed by atoms with E-state index >= 15 is 0 Å². The highest BCUT2D eigenvalue weighted by Gasteiger charge is 2.15. The van der Waals surface area contributed by atoms with Gasteiger partial charge in [-0.2, -0.15) is 0 Å². The Morgan fingerprint density at radius 3 is 2.71 bits per heavy atom. The Balaban J connectivity index is 2.21. The number of aliphatic hydroxyl groups excluding tert-OH is 1. The van der Waals surface area contributed by atoms with Gasteiger partial charge in [0.15, 0.2) is 11.4 Å². The lowest BCUT2D eigenvalue weighted by Gasteiger charge is -2.10. The standard InChI is InChI=1S/C17H16FNO2/c1-10(2)11-6-7-12(9-20)13(8-11)17-19-16-14(18)4-3-5-15(16)21-17/h3-8,10,20H,9H2,1-2H3. The Morgan fingerprint density at radius 1 is 1.24 bits per heavy atom. The zero-order chi connectivity index (χ0) is 15.0. The van der Waals surface area contributed by atoms with Crippen LogP contribution in [0.2, 0.25) is 0 Å². The first kappa shape index (κ1) is 13.8. The second-order valence-corrected chi connectivity index (χ2v) is 5.33. The normalized spacial score (nSPS) is 11.5. The van der Waals surface area contributed by atoms with Gasteiger partial charge in [-0.3, -0.25) is 0 Å². The van der Waals surface area contributed by atoms with Gasteiger partial charge >= 0.3 is 0 Å². The summed E-state index contributed by atoms with van der Waals surface area (Å²) in [5.74, 6) is 0.271. The molecule has 4 heteroatoms. The summed E-state index contributed by atoms with van der Waals surface area (Å²) < 4.78 is 19.4. The van der Waals surface area contributed by atoms with E-state index in [2.05, 4.69) is 18.8 Å². The van der Waals surface area contributed by atoms with E-state index in [9.17, 15) is 9.50 Å². The minimum Gasteiger partial charge on any atom is -0.436 e. The van der Waals surface area contributed by atoms with Gasteiger partial charge in [0.2, 0.25) is 5.89 Å². The van der Waals surface area contributed by atoms with Crippen molar-refractivity contribution in [3.63, 3.8) is 0 Å². The molecule has 108 valence electrons. The third kappa shape index (κ3) is 2.43. The number of para-hydroxylation sites is 1. The molecule has 3 aromatic rings. The first-order chi connectivity index (χ1) is 10.1. The average molecular weight is 285 g/mol. The molecule has 0 aliphatic carbocycles. The highest BCUT2D eigenvalue weighted by molar-refractivity contribution is 5.77. The van der Waals surface area contributed by atoms with Crippen LogP contribution in [0.25, 0.3) is 22.6 Å². The van der Waals surface area contributed by atoms with Gasteiger partial charge in [0.05, 0.1) is 6.61 Å². The maximum atomic E-state index is 13.7. The van der Waals surface area contributed by atoms with E-state index in [4.69, 9.17) is 4.42 Å². The molecule has 0 amide bonds. The van der Waals surface area contributed by atoms with Crippen LogP contribution in [0.3, 0.4) is 0 Å². The van der Waals surface area contributed by atoms with Gasteiger partial charge in [0.25, 0.3) is 0 Å². The summed E-state index contributed by atoms with van der Waals surface area (Å²) in [6.07, 6.45) is 0. The molecular formula is C17H16FNO2. The predicted molar refractivity (Wildman–Crippen MR) is 79.4 cm³/mol. The Hall–Kier alpha value is -2.20. The van der Waals surface area contributed by atoms with Crippen molar-refractivity contribution in [2.75, 3.05) is 0 Å². The van der Waals surface area contributed by atoms with Crippen molar-refractivity contribution in [1.29, 1.82) is 0 Å². The smallest absolute Gasteiger partial charge is 0.227 e. The fourth-order valence-electron chi connectivity index (χ4n) is 2.32.